The molecule has 0 radical (unpaired) electrons. The lowest BCUT2D eigenvalue weighted by Gasteiger charge is -2.15. The number of rotatable bonds is 6. The Hall–Kier alpha value is -2.03. The van der Waals surface area contributed by atoms with E-state index >= 15 is 0 Å². The van der Waals surface area contributed by atoms with Crippen LogP contribution in [0.4, 0.5) is 10.7 Å². The molecule has 1 aromatic carbocycles. The third-order valence-electron chi connectivity index (χ3n) is 5.10. The Morgan fingerprint density at radius 2 is 1.81 bits per heavy atom. The van der Waals surface area contributed by atoms with Crippen LogP contribution in [0, 0.1) is 0 Å². The SMILES string of the molecule is CCOC(=O)c1c(NC(=S)Nc2cc(OC)c(Cl)cc2OC)sc2c1CCCCCC2. The average Bonchev–Trinajstić information content (AvgIpc) is 3.04. The molecule has 1 aromatic heterocycles. The van der Waals surface area contributed by atoms with Gasteiger partial charge in [0.2, 0.25) is 0 Å². The van der Waals surface area contributed by atoms with Gasteiger partial charge >= 0.3 is 5.97 Å². The number of thiocarbonyl (C=S) groups is 1. The smallest absolute Gasteiger partial charge is 0.341 e. The number of aryl methyl sites for hydroxylation is 1. The number of anilines is 2. The summed E-state index contributed by atoms with van der Waals surface area (Å²) in [6, 6.07) is 3.38. The van der Waals surface area contributed by atoms with Gasteiger partial charge in [0.25, 0.3) is 0 Å². The second-order valence-electron chi connectivity index (χ2n) is 7.11. The quantitative estimate of drug-likeness (QED) is 0.383. The van der Waals surface area contributed by atoms with E-state index in [4.69, 9.17) is 38.0 Å². The lowest BCUT2D eigenvalue weighted by Crippen LogP contribution is -2.21. The fourth-order valence-electron chi connectivity index (χ4n) is 3.64. The zero-order chi connectivity index (χ0) is 22.4. The van der Waals surface area contributed by atoms with Gasteiger partial charge in [0, 0.05) is 17.0 Å². The van der Waals surface area contributed by atoms with E-state index in [1.54, 1.807) is 37.7 Å². The maximum Gasteiger partial charge on any atom is 0.341 e. The van der Waals surface area contributed by atoms with Crippen LogP contribution in [0.1, 0.15) is 53.4 Å². The zero-order valence-corrected chi connectivity index (χ0v) is 20.3. The second-order valence-corrected chi connectivity index (χ2v) is 9.03. The summed E-state index contributed by atoms with van der Waals surface area (Å²) in [6.07, 6.45) is 6.44. The van der Waals surface area contributed by atoms with E-state index < -0.39 is 0 Å². The zero-order valence-electron chi connectivity index (χ0n) is 17.9. The summed E-state index contributed by atoms with van der Waals surface area (Å²) in [4.78, 5) is 14.0. The molecule has 2 N–H and O–H groups in total. The molecule has 6 nitrogen and oxygen atoms in total. The first-order chi connectivity index (χ1) is 15.0. The first-order valence-corrected chi connectivity index (χ1v) is 11.9. The first kappa shape index (κ1) is 23.6. The Balaban J connectivity index is 1.89. The Bertz CT molecular complexity index is 961. The van der Waals surface area contributed by atoms with Crippen molar-refractivity contribution in [2.24, 2.45) is 0 Å². The van der Waals surface area contributed by atoms with Crippen LogP contribution in [-0.4, -0.2) is 31.9 Å². The number of methoxy groups -OCH3 is 2. The van der Waals surface area contributed by atoms with Gasteiger partial charge in [0.15, 0.2) is 5.11 Å². The number of halogens is 1. The molecule has 0 fully saturated rings. The van der Waals surface area contributed by atoms with Crippen molar-refractivity contribution in [1.29, 1.82) is 0 Å². The molecule has 1 aliphatic rings. The molecule has 0 amide bonds. The Morgan fingerprint density at radius 3 is 2.48 bits per heavy atom. The van der Waals surface area contributed by atoms with Crippen molar-refractivity contribution >= 4 is 56.9 Å². The molecule has 0 bridgehead atoms. The molecule has 168 valence electrons. The van der Waals surface area contributed by atoms with E-state index in [-0.39, 0.29) is 5.97 Å². The van der Waals surface area contributed by atoms with Crippen molar-refractivity contribution in [3.8, 4) is 11.5 Å². The highest BCUT2D eigenvalue weighted by atomic mass is 35.5. The summed E-state index contributed by atoms with van der Waals surface area (Å²) in [5.41, 5.74) is 2.31. The topological polar surface area (TPSA) is 68.8 Å². The van der Waals surface area contributed by atoms with E-state index in [2.05, 4.69) is 10.6 Å². The van der Waals surface area contributed by atoms with Crippen LogP contribution in [0.15, 0.2) is 12.1 Å². The molecule has 0 unspecified atom stereocenters. The molecule has 0 aliphatic heterocycles. The van der Waals surface area contributed by atoms with E-state index in [9.17, 15) is 4.79 Å². The van der Waals surface area contributed by atoms with Crippen molar-refractivity contribution in [1.82, 2.24) is 0 Å². The molecular formula is C22H27ClN2O4S2. The first-order valence-electron chi connectivity index (χ1n) is 10.3. The van der Waals surface area contributed by atoms with Gasteiger partial charge in [0.1, 0.15) is 16.5 Å². The van der Waals surface area contributed by atoms with Gasteiger partial charge in [-0.15, -0.1) is 11.3 Å². The van der Waals surface area contributed by atoms with E-state index in [0.29, 0.717) is 44.5 Å². The molecule has 1 heterocycles. The number of benzene rings is 1. The molecule has 9 heteroatoms. The molecular weight excluding hydrogens is 456 g/mol. The lowest BCUT2D eigenvalue weighted by atomic mass is 9.96. The van der Waals surface area contributed by atoms with E-state index in [1.807, 2.05) is 6.92 Å². The number of ether oxygens (including phenoxy) is 3. The van der Waals surface area contributed by atoms with Gasteiger partial charge in [-0.2, -0.15) is 0 Å². The van der Waals surface area contributed by atoms with Crippen LogP contribution in [0.25, 0.3) is 0 Å². The third-order valence-corrected chi connectivity index (χ3v) is 6.81. The van der Waals surface area contributed by atoms with Gasteiger partial charge in [-0.25, -0.2) is 4.79 Å². The van der Waals surface area contributed by atoms with Crippen molar-refractivity contribution in [3.63, 3.8) is 0 Å². The number of nitrogens with one attached hydrogen (secondary N) is 2. The maximum absolute atomic E-state index is 12.8. The normalized spacial score (nSPS) is 13.4. The highest BCUT2D eigenvalue weighted by molar-refractivity contribution is 7.80. The van der Waals surface area contributed by atoms with Crippen molar-refractivity contribution in [3.05, 3.63) is 33.2 Å². The van der Waals surface area contributed by atoms with Crippen LogP contribution >= 0.6 is 35.2 Å². The van der Waals surface area contributed by atoms with Crippen LogP contribution < -0.4 is 20.1 Å². The minimum Gasteiger partial charge on any atom is -0.495 e. The van der Waals surface area contributed by atoms with Gasteiger partial charge in [-0.3, -0.25) is 0 Å². The standard InChI is InChI=1S/C22H27ClN2O4S2/c1-4-29-21(26)19-13-9-7-5-6-8-10-18(13)31-20(19)25-22(30)24-15-12-16(27-2)14(23)11-17(15)28-3/h11-12H,4-10H2,1-3H3,(H2,24,25,30). The van der Waals surface area contributed by atoms with E-state index in [0.717, 1.165) is 31.2 Å². The molecule has 0 saturated heterocycles. The van der Waals surface area contributed by atoms with Crippen LogP contribution in [-0.2, 0) is 17.6 Å². The van der Waals surface area contributed by atoms with Crippen molar-refractivity contribution < 1.29 is 19.0 Å². The summed E-state index contributed by atoms with van der Waals surface area (Å²) in [5, 5.41) is 7.82. The fraction of sp³-hybridized carbons (Fsp3) is 0.455. The summed E-state index contributed by atoms with van der Waals surface area (Å²) in [6.45, 7) is 2.14. The van der Waals surface area contributed by atoms with E-state index in [1.165, 1.54) is 17.7 Å². The predicted molar refractivity (Wildman–Crippen MR) is 131 cm³/mol. The Kier molecular flexibility index (Phi) is 8.40. The Labute approximate surface area is 197 Å². The molecule has 0 saturated carbocycles. The monoisotopic (exact) mass is 482 g/mol. The van der Waals surface area contributed by atoms with Crippen LogP contribution in [0.2, 0.25) is 5.02 Å². The van der Waals surface area contributed by atoms with Crippen molar-refractivity contribution in [2.75, 3.05) is 31.5 Å². The summed E-state index contributed by atoms with van der Waals surface area (Å²) >= 11 is 13.3. The Morgan fingerprint density at radius 1 is 1.10 bits per heavy atom. The molecule has 0 atom stereocenters. The van der Waals surface area contributed by atoms with Gasteiger partial charge in [-0.1, -0.05) is 24.4 Å². The highest BCUT2D eigenvalue weighted by Crippen LogP contribution is 2.39. The number of esters is 1. The largest absolute Gasteiger partial charge is 0.495 e. The van der Waals surface area contributed by atoms with Gasteiger partial charge in [-0.05, 0) is 50.4 Å². The van der Waals surface area contributed by atoms with Crippen LogP contribution in [0.3, 0.4) is 0 Å². The number of thiophene rings is 1. The molecule has 0 spiro atoms. The molecule has 31 heavy (non-hydrogen) atoms. The maximum atomic E-state index is 12.8. The number of fused-ring (bicyclic) bond motifs is 1. The van der Waals surface area contributed by atoms with Gasteiger partial charge < -0.3 is 24.8 Å². The lowest BCUT2D eigenvalue weighted by molar-refractivity contribution is 0.0526. The predicted octanol–water partition coefficient (Wildman–Crippen LogP) is 6.06. The summed E-state index contributed by atoms with van der Waals surface area (Å²) in [7, 11) is 3.10. The second kappa shape index (κ2) is 11.0. The fourth-order valence-corrected chi connectivity index (χ4v) is 5.43. The highest BCUT2D eigenvalue weighted by Gasteiger charge is 2.26. The van der Waals surface area contributed by atoms with Crippen molar-refractivity contribution in [2.45, 2.75) is 45.4 Å². The minimum absolute atomic E-state index is 0.309. The summed E-state index contributed by atoms with van der Waals surface area (Å²) < 4.78 is 16.1. The minimum atomic E-state index is -0.309. The number of carbonyl (C=O) groups is 1. The summed E-state index contributed by atoms with van der Waals surface area (Å²) in [5.74, 6) is 0.717. The number of hydrogen-bond donors (Lipinski definition) is 2. The third kappa shape index (κ3) is 5.61. The average molecular weight is 483 g/mol. The number of hydrogen-bond acceptors (Lipinski definition) is 6. The number of carbonyl (C=O) groups excluding carboxylic acids is 1. The molecule has 3 rings (SSSR count). The molecule has 1 aliphatic carbocycles. The van der Waals surface area contributed by atoms with Gasteiger partial charge in [0.05, 0.1) is 37.1 Å². The molecule has 2 aromatic rings. The van der Waals surface area contributed by atoms with Crippen LogP contribution in [0.5, 0.6) is 11.5 Å².